The van der Waals surface area contributed by atoms with E-state index in [2.05, 4.69) is 5.16 Å². The maximum absolute atomic E-state index is 13.6. The zero-order chi connectivity index (χ0) is 20.8. The van der Waals surface area contributed by atoms with Gasteiger partial charge >= 0.3 is 5.97 Å². The zero-order valence-electron chi connectivity index (χ0n) is 16.0. The fourth-order valence-electron chi connectivity index (χ4n) is 3.29. The van der Waals surface area contributed by atoms with Crippen molar-refractivity contribution < 1.29 is 32.4 Å². The van der Waals surface area contributed by atoms with Crippen LogP contribution >= 0.6 is 0 Å². The number of para-hydroxylation sites is 1. The van der Waals surface area contributed by atoms with E-state index in [4.69, 9.17) is 14.0 Å². The standard InChI is InChI=1S/C20H22F2N2O5/c1-2-27-18(25)10-13-6-3-4-9-24(13)20(26)17-11-14(29-23-17)12-28-19-15(21)7-5-8-16(19)22/h5,7-8,11,13H,2-4,6,9-10,12H2,1H3/t13-/m1/s1. The van der Waals surface area contributed by atoms with Crippen LogP contribution in [0.2, 0.25) is 0 Å². The summed E-state index contributed by atoms with van der Waals surface area (Å²) in [6.07, 6.45) is 2.57. The molecule has 156 valence electrons. The van der Waals surface area contributed by atoms with Crippen LogP contribution in [0.15, 0.2) is 28.8 Å². The van der Waals surface area contributed by atoms with Gasteiger partial charge in [0, 0.05) is 18.7 Å². The molecule has 29 heavy (non-hydrogen) atoms. The number of nitrogens with zero attached hydrogens (tertiary/aromatic N) is 2. The topological polar surface area (TPSA) is 81.9 Å². The van der Waals surface area contributed by atoms with Crippen LogP contribution in [0.25, 0.3) is 0 Å². The second-order valence-corrected chi connectivity index (χ2v) is 6.68. The lowest BCUT2D eigenvalue weighted by Crippen LogP contribution is -2.45. The highest BCUT2D eigenvalue weighted by Gasteiger charge is 2.31. The molecule has 0 spiro atoms. The molecule has 1 atom stereocenters. The predicted octanol–water partition coefficient (Wildman–Crippen LogP) is 3.48. The Hall–Kier alpha value is -2.97. The zero-order valence-corrected chi connectivity index (χ0v) is 16.0. The fourth-order valence-corrected chi connectivity index (χ4v) is 3.29. The van der Waals surface area contributed by atoms with Crippen molar-refractivity contribution >= 4 is 11.9 Å². The van der Waals surface area contributed by atoms with Crippen molar-refractivity contribution in [3.05, 3.63) is 47.4 Å². The Morgan fingerprint density at radius 3 is 2.76 bits per heavy atom. The third-order valence-electron chi connectivity index (χ3n) is 4.65. The Morgan fingerprint density at radius 2 is 2.03 bits per heavy atom. The number of carbonyl (C=O) groups excluding carboxylic acids is 2. The summed E-state index contributed by atoms with van der Waals surface area (Å²) in [4.78, 5) is 26.3. The molecule has 2 heterocycles. The highest BCUT2D eigenvalue weighted by atomic mass is 19.1. The maximum atomic E-state index is 13.6. The lowest BCUT2D eigenvalue weighted by molar-refractivity contribution is -0.144. The maximum Gasteiger partial charge on any atom is 0.307 e. The summed E-state index contributed by atoms with van der Waals surface area (Å²) in [5.41, 5.74) is 0.0494. The number of hydrogen-bond acceptors (Lipinski definition) is 6. The molecule has 0 saturated carbocycles. The van der Waals surface area contributed by atoms with Crippen LogP contribution in [0.5, 0.6) is 5.75 Å². The number of piperidine rings is 1. The molecular weight excluding hydrogens is 386 g/mol. The summed E-state index contributed by atoms with van der Waals surface area (Å²) >= 11 is 0. The summed E-state index contributed by atoms with van der Waals surface area (Å²) in [6, 6.07) is 4.49. The molecule has 1 aromatic heterocycles. The Labute approximate surface area is 166 Å². The van der Waals surface area contributed by atoms with Gasteiger partial charge in [-0.1, -0.05) is 11.2 Å². The number of rotatable bonds is 7. The van der Waals surface area contributed by atoms with Gasteiger partial charge in [0.15, 0.2) is 28.8 Å². The van der Waals surface area contributed by atoms with Crippen LogP contribution in [0.4, 0.5) is 8.78 Å². The van der Waals surface area contributed by atoms with Crippen molar-refractivity contribution in [1.29, 1.82) is 0 Å². The van der Waals surface area contributed by atoms with Crippen LogP contribution < -0.4 is 4.74 Å². The summed E-state index contributed by atoms with van der Waals surface area (Å²) in [7, 11) is 0. The summed E-state index contributed by atoms with van der Waals surface area (Å²) < 4.78 is 42.4. The molecule has 0 radical (unpaired) electrons. The van der Waals surface area contributed by atoms with Gasteiger partial charge in [-0.05, 0) is 38.3 Å². The molecule has 0 unspecified atom stereocenters. The number of hydrogen-bond donors (Lipinski definition) is 0. The molecule has 1 aliphatic heterocycles. The third-order valence-corrected chi connectivity index (χ3v) is 4.65. The van der Waals surface area contributed by atoms with E-state index in [1.165, 1.54) is 12.1 Å². The van der Waals surface area contributed by atoms with Crippen molar-refractivity contribution in [2.45, 2.75) is 45.3 Å². The molecule has 9 heteroatoms. The van der Waals surface area contributed by atoms with Gasteiger partial charge in [-0.3, -0.25) is 9.59 Å². The Morgan fingerprint density at radius 1 is 1.28 bits per heavy atom. The highest BCUT2D eigenvalue weighted by molar-refractivity contribution is 5.92. The first kappa shape index (κ1) is 20.8. The number of aromatic nitrogens is 1. The number of halogens is 2. The van der Waals surface area contributed by atoms with Gasteiger partial charge in [0.2, 0.25) is 0 Å². The average molecular weight is 408 g/mol. The summed E-state index contributed by atoms with van der Waals surface area (Å²) in [5, 5.41) is 3.75. The largest absolute Gasteiger partial charge is 0.479 e. The van der Waals surface area contributed by atoms with Gasteiger partial charge < -0.3 is 18.9 Å². The Kier molecular flexibility index (Phi) is 6.79. The summed E-state index contributed by atoms with van der Waals surface area (Å²) in [5.74, 6) is -2.77. The van der Waals surface area contributed by atoms with Gasteiger partial charge in [-0.15, -0.1) is 0 Å². The van der Waals surface area contributed by atoms with Gasteiger partial charge in [-0.25, -0.2) is 8.78 Å². The monoisotopic (exact) mass is 408 g/mol. The molecule has 0 bridgehead atoms. The molecule has 1 amide bonds. The van der Waals surface area contributed by atoms with Crippen molar-refractivity contribution in [3.63, 3.8) is 0 Å². The smallest absolute Gasteiger partial charge is 0.307 e. The number of amides is 1. The van der Waals surface area contributed by atoms with E-state index < -0.39 is 17.4 Å². The second kappa shape index (κ2) is 9.49. The first-order valence-corrected chi connectivity index (χ1v) is 9.48. The minimum absolute atomic E-state index is 0.0494. The second-order valence-electron chi connectivity index (χ2n) is 6.68. The van der Waals surface area contributed by atoms with E-state index in [1.807, 2.05) is 0 Å². The summed E-state index contributed by atoms with van der Waals surface area (Å²) in [6.45, 7) is 2.23. The van der Waals surface area contributed by atoms with E-state index >= 15 is 0 Å². The number of benzene rings is 1. The molecule has 2 aromatic rings. The number of ether oxygens (including phenoxy) is 2. The quantitative estimate of drug-likeness (QED) is 0.653. The lowest BCUT2D eigenvalue weighted by Gasteiger charge is -2.34. The van der Waals surface area contributed by atoms with E-state index in [9.17, 15) is 18.4 Å². The van der Waals surface area contributed by atoms with Crippen molar-refractivity contribution in [2.75, 3.05) is 13.2 Å². The molecule has 3 rings (SSSR count). The first-order chi connectivity index (χ1) is 14.0. The number of likely N-dealkylation sites (tertiary alicyclic amines) is 1. The highest BCUT2D eigenvalue weighted by Crippen LogP contribution is 2.24. The van der Waals surface area contributed by atoms with Crippen LogP contribution in [0, 0.1) is 11.6 Å². The van der Waals surface area contributed by atoms with Crippen LogP contribution in [0.1, 0.15) is 48.9 Å². The van der Waals surface area contributed by atoms with E-state index in [1.54, 1.807) is 11.8 Å². The predicted molar refractivity (Wildman–Crippen MR) is 97.1 cm³/mol. The van der Waals surface area contributed by atoms with Crippen LogP contribution in [0.3, 0.4) is 0 Å². The minimum atomic E-state index is -0.837. The molecule has 1 aliphatic rings. The molecule has 0 aliphatic carbocycles. The molecule has 1 fully saturated rings. The fraction of sp³-hybridized carbons (Fsp3) is 0.450. The SMILES string of the molecule is CCOC(=O)C[C@H]1CCCCN1C(=O)c1cc(COc2c(F)cccc2F)on1. The van der Waals surface area contributed by atoms with Crippen molar-refractivity contribution in [1.82, 2.24) is 10.1 Å². The Bertz CT molecular complexity index is 850. The number of esters is 1. The van der Waals surface area contributed by atoms with E-state index in [0.29, 0.717) is 13.0 Å². The van der Waals surface area contributed by atoms with Crippen LogP contribution in [-0.2, 0) is 16.1 Å². The normalized spacial score (nSPS) is 16.5. The van der Waals surface area contributed by atoms with E-state index in [-0.39, 0.29) is 49.0 Å². The minimum Gasteiger partial charge on any atom is -0.479 e. The first-order valence-electron chi connectivity index (χ1n) is 9.48. The molecule has 1 saturated heterocycles. The lowest BCUT2D eigenvalue weighted by atomic mass is 9.99. The van der Waals surface area contributed by atoms with Crippen molar-refractivity contribution in [2.24, 2.45) is 0 Å². The van der Waals surface area contributed by atoms with Gasteiger partial charge in [0.25, 0.3) is 5.91 Å². The Balaban J connectivity index is 1.65. The van der Waals surface area contributed by atoms with Crippen LogP contribution in [-0.4, -0.2) is 41.1 Å². The molecule has 0 N–H and O–H groups in total. The molecular formula is C20H22F2N2O5. The average Bonchev–Trinajstić information content (AvgIpc) is 3.17. The van der Waals surface area contributed by atoms with Crippen molar-refractivity contribution in [3.8, 4) is 5.75 Å². The third kappa shape index (κ3) is 5.10. The van der Waals surface area contributed by atoms with Gasteiger partial charge in [0.1, 0.15) is 6.61 Å². The van der Waals surface area contributed by atoms with Gasteiger partial charge in [-0.2, -0.15) is 0 Å². The molecule has 1 aromatic carbocycles. The van der Waals surface area contributed by atoms with Gasteiger partial charge in [0.05, 0.1) is 13.0 Å². The molecule has 7 nitrogen and oxygen atoms in total. The number of carbonyl (C=O) groups is 2. The van der Waals surface area contributed by atoms with E-state index in [0.717, 1.165) is 25.0 Å².